The van der Waals surface area contributed by atoms with E-state index in [1.807, 2.05) is 0 Å². The molecule has 0 amide bonds. The van der Waals surface area contributed by atoms with E-state index in [9.17, 15) is 4.79 Å². The van der Waals surface area contributed by atoms with Crippen LogP contribution in [0.2, 0.25) is 0 Å². The third-order valence-electron chi connectivity index (χ3n) is 2.00. The molecule has 13 heavy (non-hydrogen) atoms. The van der Waals surface area contributed by atoms with Crippen molar-refractivity contribution >= 4 is 12.3 Å². The van der Waals surface area contributed by atoms with Crippen molar-refractivity contribution in [2.45, 2.75) is 0 Å². The van der Waals surface area contributed by atoms with Gasteiger partial charge in [0, 0.05) is 0 Å². The van der Waals surface area contributed by atoms with Gasteiger partial charge in [-0.25, -0.2) is 9.79 Å². The first-order valence-electron chi connectivity index (χ1n) is 3.88. The van der Waals surface area contributed by atoms with Crippen LogP contribution in [0.15, 0.2) is 4.99 Å². The third kappa shape index (κ3) is 3.10. The van der Waals surface area contributed by atoms with Gasteiger partial charge in [-0.1, -0.05) is 0 Å². The second-order valence-electron chi connectivity index (χ2n) is 2.96. The predicted molar refractivity (Wildman–Crippen MR) is 44.9 cm³/mol. The Morgan fingerprint density at radius 3 is 2.69 bits per heavy atom. The summed E-state index contributed by atoms with van der Waals surface area (Å²) in [4.78, 5) is 14.5. The lowest BCUT2D eigenvalue weighted by atomic mass is 10.4. The summed E-state index contributed by atoms with van der Waals surface area (Å²) in [7, 11) is 0. The maximum absolute atomic E-state index is 10.5. The Kier molecular flexibility index (Phi) is 4.53. The monoisotopic (exact) mass is 190 g/mol. The third-order valence-corrected chi connectivity index (χ3v) is 2.00. The number of carboxylic acids is 1. The Balaban J connectivity index is 0.00000144. The zero-order valence-electron chi connectivity index (χ0n) is 7.26. The first-order chi connectivity index (χ1) is 5.68. The highest BCUT2D eigenvalue weighted by molar-refractivity contribution is 5.69. The summed E-state index contributed by atoms with van der Waals surface area (Å²) >= 11 is 0. The number of carboxylic acid groups (broad SMARTS) is 1. The van der Waals surface area contributed by atoms with Crippen LogP contribution >= 0.6 is 0 Å². The van der Waals surface area contributed by atoms with Crippen molar-refractivity contribution in [1.29, 1.82) is 0 Å². The Morgan fingerprint density at radius 2 is 2.31 bits per heavy atom. The molecule has 1 aliphatic heterocycles. The van der Waals surface area contributed by atoms with Crippen molar-refractivity contribution in [1.82, 2.24) is 0 Å². The van der Waals surface area contributed by atoms with Gasteiger partial charge >= 0.3 is 5.97 Å². The van der Waals surface area contributed by atoms with Crippen LogP contribution in [-0.2, 0) is 4.79 Å². The highest BCUT2D eigenvalue weighted by Crippen LogP contribution is 2.07. The molecule has 6 heteroatoms. The van der Waals surface area contributed by atoms with E-state index in [4.69, 9.17) is 10.2 Å². The molecule has 0 aliphatic carbocycles. The largest absolute Gasteiger partial charge is 0.870 e. The predicted octanol–water partition coefficient (Wildman–Crippen LogP) is -1.25. The minimum atomic E-state index is -0.850. The smallest absolute Gasteiger partial charge is 0.359 e. The fourth-order valence-corrected chi connectivity index (χ4v) is 1.38. The topological polar surface area (TPSA) is 99.9 Å². The molecule has 0 aromatic heterocycles. The minimum Gasteiger partial charge on any atom is -0.870 e. The van der Waals surface area contributed by atoms with E-state index in [1.165, 1.54) is 0 Å². The molecular weight excluding hydrogens is 176 g/mol. The molecule has 0 aromatic carbocycles. The van der Waals surface area contributed by atoms with Crippen molar-refractivity contribution < 1.29 is 25.0 Å². The zero-order chi connectivity index (χ0) is 9.03. The Morgan fingerprint density at radius 1 is 1.62 bits per heavy atom. The van der Waals surface area contributed by atoms with Gasteiger partial charge in [0.15, 0.2) is 12.9 Å². The quantitative estimate of drug-likeness (QED) is 0.540. The molecule has 3 N–H and O–H groups in total. The average Bonchev–Trinajstić information content (AvgIpc) is 2.36. The zero-order valence-corrected chi connectivity index (χ0v) is 7.26. The molecule has 1 unspecified atom stereocenters. The number of aliphatic carboxylic acids is 1. The van der Waals surface area contributed by atoms with Crippen LogP contribution in [0.4, 0.5) is 0 Å². The SMILES string of the molecule is O=C(O)C[N+]1(CCO)C=NCC1.[OH-]. The van der Waals surface area contributed by atoms with E-state index in [0.29, 0.717) is 19.6 Å². The number of carbonyl (C=O) groups is 1. The molecule has 0 aromatic rings. The number of hydrogen-bond donors (Lipinski definition) is 2. The second kappa shape index (κ2) is 4.90. The van der Waals surface area contributed by atoms with E-state index in [-0.39, 0.29) is 23.1 Å². The lowest BCUT2D eigenvalue weighted by Crippen LogP contribution is -2.50. The van der Waals surface area contributed by atoms with Crippen molar-refractivity contribution in [3.63, 3.8) is 0 Å². The van der Waals surface area contributed by atoms with Gasteiger partial charge in [-0.05, 0) is 0 Å². The van der Waals surface area contributed by atoms with Gasteiger partial charge in [0.25, 0.3) is 0 Å². The van der Waals surface area contributed by atoms with Crippen molar-refractivity contribution in [2.24, 2.45) is 4.99 Å². The molecule has 1 aliphatic rings. The summed E-state index contributed by atoms with van der Waals surface area (Å²) in [5, 5.41) is 17.3. The number of hydrogen-bond acceptors (Lipinski definition) is 4. The Hall–Kier alpha value is -0.980. The standard InChI is InChI=1S/C7H12N2O3.H2O/c10-4-3-9(5-7(11)12)2-1-8-6-9;/h6,10H,1-5H2;1H2. The van der Waals surface area contributed by atoms with Crippen LogP contribution in [0, 0.1) is 0 Å². The van der Waals surface area contributed by atoms with Crippen LogP contribution in [-0.4, -0.2) is 65.3 Å². The highest BCUT2D eigenvalue weighted by Gasteiger charge is 2.31. The van der Waals surface area contributed by atoms with Crippen LogP contribution < -0.4 is 0 Å². The van der Waals surface area contributed by atoms with Crippen molar-refractivity contribution in [3.8, 4) is 0 Å². The summed E-state index contributed by atoms with van der Waals surface area (Å²) < 4.78 is 0.284. The number of aliphatic imine (C=N–C) groups is 1. The molecule has 1 heterocycles. The Bertz CT molecular complexity index is 207. The van der Waals surface area contributed by atoms with Gasteiger partial charge in [0.2, 0.25) is 0 Å². The van der Waals surface area contributed by atoms with Crippen LogP contribution in [0.3, 0.4) is 0 Å². The average molecular weight is 190 g/mol. The molecule has 1 atom stereocenters. The number of quaternary nitrogens is 1. The number of aliphatic hydroxyl groups is 1. The van der Waals surface area contributed by atoms with Crippen LogP contribution in [0.5, 0.6) is 0 Å². The molecule has 1 rings (SSSR count). The number of nitrogens with zero attached hydrogens (tertiary/aromatic N) is 2. The summed E-state index contributed by atoms with van der Waals surface area (Å²) in [5.74, 6) is -0.850. The van der Waals surface area contributed by atoms with Gasteiger partial charge in [-0.3, -0.25) is 4.48 Å². The van der Waals surface area contributed by atoms with Crippen molar-refractivity contribution in [3.05, 3.63) is 0 Å². The molecule has 0 radical (unpaired) electrons. The summed E-state index contributed by atoms with van der Waals surface area (Å²) in [6.45, 7) is 1.80. The lowest BCUT2D eigenvalue weighted by Gasteiger charge is -2.27. The van der Waals surface area contributed by atoms with E-state index >= 15 is 0 Å². The lowest BCUT2D eigenvalue weighted by molar-refractivity contribution is -0.821. The van der Waals surface area contributed by atoms with Crippen LogP contribution in [0.25, 0.3) is 0 Å². The van der Waals surface area contributed by atoms with Crippen LogP contribution in [0.1, 0.15) is 0 Å². The van der Waals surface area contributed by atoms with E-state index in [1.54, 1.807) is 6.34 Å². The molecule has 0 fully saturated rings. The first-order valence-corrected chi connectivity index (χ1v) is 3.88. The highest BCUT2D eigenvalue weighted by atomic mass is 16.4. The fourth-order valence-electron chi connectivity index (χ4n) is 1.38. The van der Waals surface area contributed by atoms with E-state index in [2.05, 4.69) is 4.99 Å². The molecule has 6 nitrogen and oxygen atoms in total. The molecule has 0 bridgehead atoms. The van der Waals surface area contributed by atoms with Gasteiger partial charge < -0.3 is 15.7 Å². The summed E-state index contributed by atoms with van der Waals surface area (Å²) in [6, 6.07) is 0. The fraction of sp³-hybridized carbons (Fsp3) is 0.714. The van der Waals surface area contributed by atoms with E-state index < -0.39 is 5.97 Å². The molecule has 0 saturated carbocycles. The minimum absolute atomic E-state index is 0. The molecule has 76 valence electrons. The Labute approximate surface area is 76.0 Å². The van der Waals surface area contributed by atoms with Gasteiger partial charge in [0.05, 0.1) is 13.2 Å². The summed E-state index contributed by atoms with van der Waals surface area (Å²) in [5.41, 5.74) is 0. The molecular formula is C7H14N2O4. The maximum atomic E-state index is 10.5. The molecule has 0 saturated heterocycles. The van der Waals surface area contributed by atoms with Gasteiger partial charge in [-0.15, -0.1) is 0 Å². The summed E-state index contributed by atoms with van der Waals surface area (Å²) in [6.07, 6.45) is 1.63. The second-order valence-corrected chi connectivity index (χ2v) is 2.96. The maximum Gasteiger partial charge on any atom is 0.359 e. The van der Waals surface area contributed by atoms with E-state index in [0.717, 1.165) is 0 Å². The van der Waals surface area contributed by atoms with Gasteiger partial charge in [-0.2, -0.15) is 0 Å². The van der Waals surface area contributed by atoms with Crippen molar-refractivity contribution in [2.75, 3.05) is 32.8 Å². The normalized spacial score (nSPS) is 25.6. The number of aliphatic hydroxyl groups excluding tert-OH is 1. The number of rotatable bonds is 4. The first kappa shape index (κ1) is 12.0. The molecule has 0 spiro atoms. The van der Waals surface area contributed by atoms with Gasteiger partial charge in [0.1, 0.15) is 13.1 Å².